The van der Waals surface area contributed by atoms with Gasteiger partial charge in [0.25, 0.3) is 0 Å². The summed E-state index contributed by atoms with van der Waals surface area (Å²) in [5.41, 5.74) is 2.58. The Morgan fingerprint density at radius 3 is 2.63 bits per heavy atom. The molecule has 8 heteroatoms. The smallest absolute Gasteiger partial charge is 0.410 e. The van der Waals surface area contributed by atoms with Crippen LogP contribution in [-0.4, -0.2) is 71.2 Å². The maximum Gasteiger partial charge on any atom is 0.410 e. The molecule has 2 aromatic rings. The molecule has 4 heterocycles. The Bertz CT molecular complexity index is 957. The van der Waals surface area contributed by atoms with Crippen molar-refractivity contribution in [3.63, 3.8) is 0 Å². The number of piperidine rings is 1. The van der Waals surface area contributed by atoms with Gasteiger partial charge in [-0.05, 0) is 24.8 Å². The summed E-state index contributed by atoms with van der Waals surface area (Å²) >= 11 is 0. The van der Waals surface area contributed by atoms with Gasteiger partial charge in [-0.15, -0.1) is 0 Å². The van der Waals surface area contributed by atoms with Crippen molar-refractivity contribution < 1.29 is 19.1 Å². The van der Waals surface area contributed by atoms with Gasteiger partial charge in [0, 0.05) is 24.8 Å². The second kappa shape index (κ2) is 7.68. The lowest BCUT2D eigenvalue weighted by molar-refractivity contribution is -0.141. The van der Waals surface area contributed by atoms with Crippen molar-refractivity contribution in [1.29, 1.82) is 0 Å². The predicted molar refractivity (Wildman–Crippen MR) is 108 cm³/mol. The molecule has 2 fully saturated rings. The van der Waals surface area contributed by atoms with Gasteiger partial charge >= 0.3 is 6.09 Å². The number of aromatic nitrogens is 2. The Kier molecular flexibility index (Phi) is 4.86. The molecule has 0 saturated carbocycles. The second-order valence-electron chi connectivity index (χ2n) is 7.94. The van der Waals surface area contributed by atoms with Crippen molar-refractivity contribution in [3.05, 3.63) is 47.8 Å². The molecule has 0 radical (unpaired) electrons. The number of carbonyl (C=O) groups excluding carboxylic acids is 2. The van der Waals surface area contributed by atoms with Gasteiger partial charge in [-0.25, -0.2) is 14.8 Å². The van der Waals surface area contributed by atoms with E-state index in [1.807, 2.05) is 41.4 Å². The predicted octanol–water partition coefficient (Wildman–Crippen LogP) is 1.99. The number of cyclic esters (lactones) is 1. The first kappa shape index (κ1) is 19.0. The van der Waals surface area contributed by atoms with E-state index in [2.05, 4.69) is 4.98 Å². The minimum absolute atomic E-state index is 0.0487. The van der Waals surface area contributed by atoms with E-state index in [-0.39, 0.29) is 12.5 Å². The number of amides is 2. The summed E-state index contributed by atoms with van der Waals surface area (Å²) < 4.78 is 11.2. The summed E-state index contributed by atoms with van der Waals surface area (Å²) in [6.07, 6.45) is 3.67. The summed E-state index contributed by atoms with van der Waals surface area (Å²) in [6, 6.07) is 9.93. The SMILES string of the molecule is O=C(CN1CCOC1=O)N1CCC2(CC1)OCCc1cnc(-c3ccccc3)nc12. The van der Waals surface area contributed by atoms with E-state index in [0.717, 1.165) is 23.2 Å². The van der Waals surface area contributed by atoms with Gasteiger partial charge in [0.2, 0.25) is 5.91 Å². The highest BCUT2D eigenvalue weighted by Gasteiger charge is 2.43. The third-order valence-electron chi connectivity index (χ3n) is 6.17. The molecule has 0 unspecified atom stereocenters. The molecule has 3 aliphatic heterocycles. The zero-order chi connectivity index (χ0) is 20.6. The van der Waals surface area contributed by atoms with E-state index in [4.69, 9.17) is 14.5 Å². The third kappa shape index (κ3) is 3.41. The minimum atomic E-state index is -0.483. The molecule has 1 aromatic carbocycles. The first-order valence-electron chi connectivity index (χ1n) is 10.4. The average Bonchev–Trinajstić information content (AvgIpc) is 3.19. The number of hydrogen-bond donors (Lipinski definition) is 0. The van der Waals surface area contributed by atoms with Crippen LogP contribution in [0.2, 0.25) is 0 Å². The van der Waals surface area contributed by atoms with Gasteiger partial charge in [-0.2, -0.15) is 0 Å². The van der Waals surface area contributed by atoms with E-state index in [9.17, 15) is 9.59 Å². The van der Waals surface area contributed by atoms with E-state index in [0.29, 0.717) is 51.5 Å². The van der Waals surface area contributed by atoms with Crippen LogP contribution in [-0.2, 0) is 26.3 Å². The zero-order valence-corrected chi connectivity index (χ0v) is 16.7. The first-order chi connectivity index (χ1) is 14.6. The number of hydrogen-bond acceptors (Lipinski definition) is 6. The average molecular weight is 408 g/mol. The molecule has 1 spiro atoms. The van der Waals surface area contributed by atoms with Crippen LogP contribution in [0.1, 0.15) is 24.1 Å². The Labute approximate surface area is 174 Å². The van der Waals surface area contributed by atoms with Crippen LogP contribution in [0.15, 0.2) is 36.5 Å². The van der Waals surface area contributed by atoms with Crippen LogP contribution in [0.5, 0.6) is 0 Å². The molecule has 1 aromatic heterocycles. The van der Waals surface area contributed by atoms with Gasteiger partial charge in [-0.1, -0.05) is 30.3 Å². The van der Waals surface area contributed by atoms with Crippen LogP contribution in [0.3, 0.4) is 0 Å². The van der Waals surface area contributed by atoms with E-state index < -0.39 is 11.7 Å². The Morgan fingerprint density at radius 1 is 1.10 bits per heavy atom. The lowest BCUT2D eigenvalue weighted by atomic mass is 9.83. The van der Waals surface area contributed by atoms with Gasteiger partial charge in [0.1, 0.15) is 18.8 Å². The summed E-state index contributed by atoms with van der Waals surface area (Å²) in [5.74, 6) is 0.651. The fourth-order valence-corrected chi connectivity index (χ4v) is 4.47. The number of ether oxygens (including phenoxy) is 2. The summed E-state index contributed by atoms with van der Waals surface area (Å²) in [4.78, 5) is 37.0. The lowest BCUT2D eigenvalue weighted by Crippen LogP contribution is -2.51. The molecular weight excluding hydrogens is 384 g/mol. The summed E-state index contributed by atoms with van der Waals surface area (Å²) in [5, 5.41) is 0. The highest BCUT2D eigenvalue weighted by molar-refractivity contribution is 5.83. The van der Waals surface area contributed by atoms with Crippen molar-refractivity contribution >= 4 is 12.0 Å². The van der Waals surface area contributed by atoms with Crippen molar-refractivity contribution in [1.82, 2.24) is 19.8 Å². The van der Waals surface area contributed by atoms with Crippen LogP contribution >= 0.6 is 0 Å². The minimum Gasteiger partial charge on any atom is -0.448 e. The van der Waals surface area contributed by atoms with Crippen molar-refractivity contribution in [2.75, 3.05) is 39.4 Å². The molecule has 0 bridgehead atoms. The van der Waals surface area contributed by atoms with E-state index in [1.54, 1.807) is 0 Å². The van der Waals surface area contributed by atoms with Crippen LogP contribution < -0.4 is 0 Å². The number of nitrogens with zero attached hydrogens (tertiary/aromatic N) is 4. The molecule has 5 rings (SSSR count). The topological polar surface area (TPSA) is 84.9 Å². The van der Waals surface area contributed by atoms with Crippen molar-refractivity contribution in [3.8, 4) is 11.4 Å². The third-order valence-corrected chi connectivity index (χ3v) is 6.17. The zero-order valence-electron chi connectivity index (χ0n) is 16.7. The molecule has 30 heavy (non-hydrogen) atoms. The number of fused-ring (bicyclic) bond motifs is 2. The van der Waals surface area contributed by atoms with E-state index in [1.165, 1.54) is 4.90 Å². The fourth-order valence-electron chi connectivity index (χ4n) is 4.47. The number of benzene rings is 1. The van der Waals surface area contributed by atoms with Crippen LogP contribution in [0.25, 0.3) is 11.4 Å². The molecule has 3 aliphatic rings. The summed E-state index contributed by atoms with van der Waals surface area (Å²) in [7, 11) is 0. The van der Waals surface area contributed by atoms with Gasteiger partial charge in [0.05, 0.1) is 18.8 Å². The molecule has 0 aliphatic carbocycles. The second-order valence-corrected chi connectivity index (χ2v) is 7.94. The normalized spacial score (nSPS) is 20.2. The Balaban J connectivity index is 1.33. The van der Waals surface area contributed by atoms with Crippen molar-refractivity contribution in [2.24, 2.45) is 0 Å². The van der Waals surface area contributed by atoms with Crippen molar-refractivity contribution in [2.45, 2.75) is 24.9 Å². The monoisotopic (exact) mass is 408 g/mol. The lowest BCUT2D eigenvalue weighted by Gasteiger charge is -2.44. The quantitative estimate of drug-likeness (QED) is 0.772. The number of carbonyl (C=O) groups is 2. The molecular formula is C22H24N4O4. The molecule has 0 N–H and O–H groups in total. The number of likely N-dealkylation sites (tertiary alicyclic amines) is 1. The first-order valence-corrected chi connectivity index (χ1v) is 10.4. The standard InChI is InChI=1S/C22H24N4O4/c27-18(15-26-11-13-29-21(26)28)25-9-7-22(8-10-25)19-17(6-12-30-22)14-23-20(24-19)16-4-2-1-3-5-16/h1-5,14H,6-13,15H2. The maximum absolute atomic E-state index is 12.7. The number of rotatable bonds is 3. The highest BCUT2D eigenvalue weighted by atomic mass is 16.6. The highest BCUT2D eigenvalue weighted by Crippen LogP contribution is 2.41. The van der Waals surface area contributed by atoms with Crippen LogP contribution in [0, 0.1) is 0 Å². The molecule has 0 atom stereocenters. The van der Waals surface area contributed by atoms with Gasteiger partial charge < -0.3 is 14.4 Å². The maximum atomic E-state index is 12.7. The fraction of sp³-hybridized carbons (Fsp3) is 0.455. The molecule has 2 saturated heterocycles. The summed E-state index contributed by atoms with van der Waals surface area (Å²) in [6.45, 7) is 2.68. The Morgan fingerprint density at radius 2 is 1.90 bits per heavy atom. The molecule has 2 amide bonds. The largest absolute Gasteiger partial charge is 0.448 e. The van der Waals surface area contributed by atoms with Gasteiger partial charge in [-0.3, -0.25) is 9.69 Å². The van der Waals surface area contributed by atoms with Gasteiger partial charge in [0.15, 0.2) is 5.82 Å². The molecule has 156 valence electrons. The van der Waals surface area contributed by atoms with E-state index >= 15 is 0 Å². The molecule has 8 nitrogen and oxygen atoms in total. The van der Waals surface area contributed by atoms with Crippen LogP contribution in [0.4, 0.5) is 4.79 Å². The Hall–Kier alpha value is -3.00.